The molecule has 0 bridgehead atoms. The lowest BCUT2D eigenvalue weighted by molar-refractivity contribution is 0.0945. The van der Waals surface area contributed by atoms with E-state index in [4.69, 9.17) is 0 Å². The summed E-state index contributed by atoms with van der Waals surface area (Å²) in [6.07, 6.45) is 4.29. The van der Waals surface area contributed by atoms with Crippen LogP contribution in [0.25, 0.3) is 0 Å². The van der Waals surface area contributed by atoms with Gasteiger partial charge in [-0.3, -0.25) is 9.89 Å². The van der Waals surface area contributed by atoms with Crippen molar-refractivity contribution in [1.82, 2.24) is 15.5 Å². The topological polar surface area (TPSA) is 57.8 Å². The zero-order valence-corrected chi connectivity index (χ0v) is 12.0. The van der Waals surface area contributed by atoms with Crippen molar-refractivity contribution in [2.24, 2.45) is 0 Å². The van der Waals surface area contributed by atoms with E-state index in [1.54, 1.807) is 0 Å². The zero-order valence-electron chi connectivity index (χ0n) is 11.2. The van der Waals surface area contributed by atoms with Gasteiger partial charge in [-0.1, -0.05) is 30.3 Å². The van der Waals surface area contributed by atoms with Crippen LogP contribution in [0.3, 0.4) is 0 Å². The maximum absolute atomic E-state index is 12.2. The van der Waals surface area contributed by atoms with Gasteiger partial charge in [0, 0.05) is 17.8 Å². The third-order valence-corrected chi connectivity index (χ3v) is 3.57. The van der Waals surface area contributed by atoms with Gasteiger partial charge in [-0.25, -0.2) is 0 Å². The molecule has 106 valence electrons. The Morgan fingerprint density at radius 2 is 1.95 bits per heavy atom. The van der Waals surface area contributed by atoms with Crippen LogP contribution in [0, 0.1) is 0 Å². The largest absolute Gasteiger partial charge is 0.347 e. The van der Waals surface area contributed by atoms with Crippen LogP contribution in [-0.4, -0.2) is 16.1 Å². The molecule has 20 heavy (non-hydrogen) atoms. The summed E-state index contributed by atoms with van der Waals surface area (Å²) in [5.41, 5.74) is 3.92. The van der Waals surface area contributed by atoms with E-state index in [-0.39, 0.29) is 18.3 Å². The number of H-pyrrole nitrogens is 1. The van der Waals surface area contributed by atoms with Crippen molar-refractivity contribution in [2.75, 3.05) is 0 Å². The van der Waals surface area contributed by atoms with Crippen LogP contribution < -0.4 is 5.32 Å². The Morgan fingerprint density at radius 3 is 2.75 bits per heavy atom. The number of carbonyl (C=O) groups excluding carboxylic acids is 1. The number of hydrogen-bond donors (Lipinski definition) is 2. The molecule has 0 saturated carbocycles. The summed E-state index contributed by atoms with van der Waals surface area (Å²) in [6, 6.07) is 9.91. The van der Waals surface area contributed by atoms with Crippen LogP contribution in [0.2, 0.25) is 0 Å². The molecule has 0 aliphatic heterocycles. The van der Waals surface area contributed by atoms with E-state index in [1.807, 2.05) is 30.3 Å². The van der Waals surface area contributed by atoms with E-state index in [2.05, 4.69) is 15.5 Å². The van der Waals surface area contributed by atoms with Crippen molar-refractivity contribution in [3.05, 3.63) is 52.8 Å². The summed E-state index contributed by atoms with van der Waals surface area (Å²) in [4.78, 5) is 12.2. The summed E-state index contributed by atoms with van der Waals surface area (Å²) in [7, 11) is 0. The molecular weight excluding hydrogens is 274 g/mol. The number of aromatic amines is 1. The molecule has 0 atom stereocenters. The number of aryl methyl sites for hydroxylation is 1. The predicted molar refractivity (Wildman–Crippen MR) is 80.1 cm³/mol. The number of fused-ring (bicyclic) bond motifs is 1. The second-order valence-corrected chi connectivity index (χ2v) is 4.90. The SMILES string of the molecule is Cl.O=C(NCc1ccccc1)c1n[nH]c2c1CCCC2. The van der Waals surface area contributed by atoms with Crippen LogP contribution in [0.5, 0.6) is 0 Å². The number of hydrogen-bond acceptors (Lipinski definition) is 2. The Kier molecular flexibility index (Phi) is 4.79. The highest BCUT2D eigenvalue weighted by Crippen LogP contribution is 2.21. The fourth-order valence-corrected chi connectivity index (χ4v) is 2.53. The molecule has 5 heteroatoms. The number of rotatable bonds is 3. The van der Waals surface area contributed by atoms with Crippen LogP contribution >= 0.6 is 12.4 Å². The van der Waals surface area contributed by atoms with E-state index in [0.717, 1.165) is 36.1 Å². The van der Waals surface area contributed by atoms with Crippen LogP contribution in [0.1, 0.15) is 40.2 Å². The molecule has 0 unspecified atom stereocenters. The van der Waals surface area contributed by atoms with E-state index < -0.39 is 0 Å². The first-order valence-corrected chi connectivity index (χ1v) is 6.73. The van der Waals surface area contributed by atoms with Gasteiger partial charge >= 0.3 is 0 Å². The summed E-state index contributed by atoms with van der Waals surface area (Å²) < 4.78 is 0. The number of amides is 1. The van der Waals surface area contributed by atoms with E-state index in [1.165, 1.54) is 6.42 Å². The van der Waals surface area contributed by atoms with Crippen LogP contribution in [0.15, 0.2) is 30.3 Å². The quantitative estimate of drug-likeness (QED) is 0.913. The molecule has 1 amide bonds. The Balaban J connectivity index is 0.00000147. The van der Waals surface area contributed by atoms with Crippen molar-refractivity contribution in [3.63, 3.8) is 0 Å². The maximum atomic E-state index is 12.2. The molecule has 1 aliphatic rings. The normalized spacial score (nSPS) is 13.2. The minimum Gasteiger partial charge on any atom is -0.347 e. The average molecular weight is 292 g/mol. The van der Waals surface area contributed by atoms with Crippen molar-refractivity contribution >= 4 is 18.3 Å². The molecule has 4 nitrogen and oxygen atoms in total. The minimum absolute atomic E-state index is 0. The first-order chi connectivity index (χ1) is 9.34. The Labute approximate surface area is 124 Å². The molecule has 2 aromatic rings. The molecule has 0 spiro atoms. The van der Waals surface area contributed by atoms with Gasteiger partial charge in [0.1, 0.15) is 0 Å². The standard InChI is InChI=1S/C15H17N3O.ClH/c19-15(16-10-11-6-2-1-3-7-11)14-12-8-4-5-9-13(12)17-18-14;/h1-3,6-7H,4-5,8-10H2,(H,16,19)(H,17,18);1H. The first-order valence-electron chi connectivity index (χ1n) is 6.73. The van der Waals surface area contributed by atoms with E-state index >= 15 is 0 Å². The fraction of sp³-hybridized carbons (Fsp3) is 0.333. The highest BCUT2D eigenvalue weighted by molar-refractivity contribution is 5.94. The molecule has 0 saturated heterocycles. The molecule has 1 aromatic heterocycles. The van der Waals surface area contributed by atoms with Gasteiger partial charge in [0.2, 0.25) is 0 Å². The number of nitrogens with zero attached hydrogens (tertiary/aromatic N) is 1. The monoisotopic (exact) mass is 291 g/mol. The average Bonchev–Trinajstić information content (AvgIpc) is 2.90. The van der Waals surface area contributed by atoms with Crippen LogP contribution in [-0.2, 0) is 19.4 Å². The Morgan fingerprint density at radius 1 is 1.20 bits per heavy atom. The van der Waals surface area contributed by atoms with Crippen molar-refractivity contribution in [3.8, 4) is 0 Å². The van der Waals surface area contributed by atoms with Crippen LogP contribution in [0.4, 0.5) is 0 Å². The molecule has 1 aromatic carbocycles. The summed E-state index contributed by atoms with van der Waals surface area (Å²) >= 11 is 0. The molecule has 0 radical (unpaired) electrons. The number of aromatic nitrogens is 2. The second-order valence-electron chi connectivity index (χ2n) is 4.90. The maximum Gasteiger partial charge on any atom is 0.272 e. The third kappa shape index (κ3) is 3.02. The van der Waals surface area contributed by atoms with Gasteiger partial charge in [-0.05, 0) is 31.2 Å². The number of nitrogens with one attached hydrogen (secondary N) is 2. The Hall–Kier alpha value is -1.81. The molecule has 3 rings (SSSR count). The summed E-state index contributed by atoms with van der Waals surface area (Å²) in [5.74, 6) is -0.0803. The van der Waals surface area contributed by atoms with Gasteiger partial charge < -0.3 is 5.32 Å². The smallest absolute Gasteiger partial charge is 0.272 e. The number of benzene rings is 1. The first kappa shape index (κ1) is 14.6. The summed E-state index contributed by atoms with van der Waals surface area (Å²) in [6.45, 7) is 0.543. The van der Waals surface area contributed by atoms with Gasteiger partial charge in [-0.15, -0.1) is 12.4 Å². The number of carbonyl (C=O) groups is 1. The van der Waals surface area contributed by atoms with Gasteiger partial charge in [0.05, 0.1) is 0 Å². The Bertz CT molecular complexity index is 580. The molecule has 0 fully saturated rings. The second kappa shape index (κ2) is 6.57. The summed E-state index contributed by atoms with van der Waals surface area (Å²) in [5, 5.41) is 10.1. The predicted octanol–water partition coefficient (Wildman–Crippen LogP) is 2.64. The fourth-order valence-electron chi connectivity index (χ4n) is 2.53. The zero-order chi connectivity index (χ0) is 13.1. The van der Waals surface area contributed by atoms with Gasteiger partial charge in [-0.2, -0.15) is 5.10 Å². The highest BCUT2D eigenvalue weighted by atomic mass is 35.5. The molecular formula is C15H18ClN3O. The van der Waals surface area contributed by atoms with Gasteiger partial charge in [0.25, 0.3) is 5.91 Å². The van der Waals surface area contributed by atoms with Crippen molar-refractivity contribution < 1.29 is 4.79 Å². The molecule has 2 N–H and O–H groups in total. The van der Waals surface area contributed by atoms with E-state index in [9.17, 15) is 4.79 Å². The third-order valence-electron chi connectivity index (χ3n) is 3.57. The highest BCUT2D eigenvalue weighted by Gasteiger charge is 2.21. The van der Waals surface area contributed by atoms with E-state index in [0.29, 0.717) is 12.2 Å². The lowest BCUT2D eigenvalue weighted by Crippen LogP contribution is -2.24. The van der Waals surface area contributed by atoms with Crippen molar-refractivity contribution in [1.29, 1.82) is 0 Å². The van der Waals surface area contributed by atoms with Gasteiger partial charge in [0.15, 0.2) is 5.69 Å². The minimum atomic E-state index is -0.0803. The molecule has 1 aliphatic carbocycles. The molecule has 1 heterocycles. The van der Waals surface area contributed by atoms with Crippen molar-refractivity contribution in [2.45, 2.75) is 32.2 Å². The lowest BCUT2D eigenvalue weighted by Gasteiger charge is -2.11. The lowest BCUT2D eigenvalue weighted by atomic mass is 9.96. The number of halogens is 1.